The number of rotatable bonds is 7. The van der Waals surface area contributed by atoms with Crippen molar-refractivity contribution in [1.29, 1.82) is 0 Å². The number of benzene rings is 1. The van der Waals surface area contributed by atoms with Gasteiger partial charge < -0.3 is 10.1 Å². The van der Waals surface area contributed by atoms with Gasteiger partial charge in [-0.05, 0) is 32.3 Å². The summed E-state index contributed by atoms with van der Waals surface area (Å²) in [6.45, 7) is 13.3. The zero-order chi connectivity index (χ0) is 13.5. The minimum atomic E-state index is 0.422. The number of aryl methyl sites for hydroxylation is 2. The van der Waals surface area contributed by atoms with Crippen molar-refractivity contribution in [3.63, 3.8) is 0 Å². The van der Waals surface area contributed by atoms with Gasteiger partial charge in [0.1, 0.15) is 0 Å². The van der Waals surface area contributed by atoms with Gasteiger partial charge in [0, 0.05) is 19.2 Å². The van der Waals surface area contributed by atoms with Crippen molar-refractivity contribution in [3.8, 4) is 0 Å². The minimum Gasteiger partial charge on any atom is -0.380 e. The summed E-state index contributed by atoms with van der Waals surface area (Å²) in [6.07, 6.45) is 0. The maximum absolute atomic E-state index is 5.53. The molecule has 1 N–H and O–H groups in total. The van der Waals surface area contributed by atoms with E-state index in [1.807, 2.05) is 6.92 Å². The highest BCUT2D eigenvalue weighted by molar-refractivity contribution is 5.28. The summed E-state index contributed by atoms with van der Waals surface area (Å²) in [5, 5.41) is 3.60. The van der Waals surface area contributed by atoms with Crippen LogP contribution in [0.1, 0.15) is 37.5 Å². The summed E-state index contributed by atoms with van der Waals surface area (Å²) < 4.78 is 5.53. The Balaban J connectivity index is 2.55. The first kappa shape index (κ1) is 15.2. The van der Waals surface area contributed by atoms with E-state index in [1.54, 1.807) is 0 Å². The second kappa shape index (κ2) is 7.55. The summed E-state index contributed by atoms with van der Waals surface area (Å²) >= 11 is 0. The standard InChI is InChI=1S/C16H27NO/c1-6-18-11-16(12(2)3)17-10-15-8-13(4)7-14(5)9-15/h7-9,12,16-17H,6,10-11H2,1-5H3. The van der Waals surface area contributed by atoms with Gasteiger partial charge >= 0.3 is 0 Å². The van der Waals surface area contributed by atoms with Crippen LogP contribution >= 0.6 is 0 Å². The SMILES string of the molecule is CCOCC(NCc1cc(C)cc(C)c1)C(C)C. The largest absolute Gasteiger partial charge is 0.380 e. The van der Waals surface area contributed by atoms with Crippen molar-refractivity contribution >= 4 is 0 Å². The molecule has 0 saturated heterocycles. The van der Waals surface area contributed by atoms with Crippen molar-refractivity contribution in [3.05, 3.63) is 34.9 Å². The molecule has 1 aromatic carbocycles. The summed E-state index contributed by atoms with van der Waals surface area (Å²) in [5.74, 6) is 0.586. The fourth-order valence-corrected chi connectivity index (χ4v) is 2.15. The molecule has 0 aliphatic rings. The molecular formula is C16H27NO. The average Bonchev–Trinajstić information content (AvgIpc) is 2.27. The van der Waals surface area contributed by atoms with Crippen molar-refractivity contribution in [2.75, 3.05) is 13.2 Å². The lowest BCUT2D eigenvalue weighted by molar-refractivity contribution is 0.108. The van der Waals surface area contributed by atoms with Gasteiger partial charge in [0.15, 0.2) is 0 Å². The van der Waals surface area contributed by atoms with Gasteiger partial charge in [-0.2, -0.15) is 0 Å². The van der Waals surface area contributed by atoms with Gasteiger partial charge in [-0.1, -0.05) is 43.2 Å². The predicted octanol–water partition coefficient (Wildman–Crippen LogP) is 3.45. The average molecular weight is 249 g/mol. The number of nitrogens with one attached hydrogen (secondary N) is 1. The second-order valence-corrected chi connectivity index (χ2v) is 5.39. The van der Waals surface area contributed by atoms with Gasteiger partial charge in [-0.25, -0.2) is 0 Å². The molecule has 0 aliphatic carbocycles. The molecule has 1 rings (SSSR count). The summed E-state index contributed by atoms with van der Waals surface area (Å²) in [4.78, 5) is 0. The maximum Gasteiger partial charge on any atom is 0.0622 e. The van der Waals surface area contributed by atoms with Crippen LogP contribution in [0.15, 0.2) is 18.2 Å². The Bertz CT molecular complexity index is 340. The van der Waals surface area contributed by atoms with E-state index in [-0.39, 0.29) is 0 Å². The lowest BCUT2D eigenvalue weighted by Gasteiger charge is -2.22. The van der Waals surface area contributed by atoms with Crippen molar-refractivity contribution in [1.82, 2.24) is 5.32 Å². The van der Waals surface area contributed by atoms with Crippen LogP contribution in [0.2, 0.25) is 0 Å². The molecule has 18 heavy (non-hydrogen) atoms. The number of hydrogen-bond donors (Lipinski definition) is 1. The lowest BCUT2D eigenvalue weighted by atomic mass is 10.0. The van der Waals surface area contributed by atoms with E-state index in [4.69, 9.17) is 4.74 Å². The van der Waals surface area contributed by atoms with Crippen molar-refractivity contribution in [2.24, 2.45) is 5.92 Å². The third-order valence-corrected chi connectivity index (χ3v) is 3.16. The zero-order valence-electron chi connectivity index (χ0n) is 12.4. The van der Waals surface area contributed by atoms with Crippen LogP contribution in [-0.4, -0.2) is 19.3 Å². The first-order valence-corrected chi connectivity index (χ1v) is 6.91. The molecule has 102 valence electrons. The zero-order valence-corrected chi connectivity index (χ0v) is 12.4. The Labute approximate surface area is 112 Å². The minimum absolute atomic E-state index is 0.422. The molecule has 1 aromatic rings. The van der Waals surface area contributed by atoms with Gasteiger partial charge in [0.05, 0.1) is 6.61 Å². The van der Waals surface area contributed by atoms with E-state index in [9.17, 15) is 0 Å². The molecule has 0 radical (unpaired) electrons. The van der Waals surface area contributed by atoms with E-state index >= 15 is 0 Å². The van der Waals surface area contributed by atoms with Crippen LogP contribution in [0.3, 0.4) is 0 Å². The van der Waals surface area contributed by atoms with E-state index in [2.05, 4.69) is 51.2 Å². The molecule has 0 fully saturated rings. The first-order chi connectivity index (χ1) is 8.52. The molecule has 0 spiro atoms. The van der Waals surface area contributed by atoms with Gasteiger partial charge in [0.25, 0.3) is 0 Å². The Morgan fingerprint density at radius 2 is 1.72 bits per heavy atom. The van der Waals surface area contributed by atoms with Crippen LogP contribution in [0.5, 0.6) is 0 Å². The van der Waals surface area contributed by atoms with E-state index < -0.39 is 0 Å². The van der Waals surface area contributed by atoms with Crippen LogP contribution < -0.4 is 5.32 Å². The molecule has 0 aliphatic heterocycles. The van der Waals surface area contributed by atoms with E-state index in [1.165, 1.54) is 16.7 Å². The highest BCUT2D eigenvalue weighted by Crippen LogP contribution is 2.10. The normalized spacial score (nSPS) is 13.0. The van der Waals surface area contributed by atoms with Crippen molar-refractivity contribution < 1.29 is 4.74 Å². The van der Waals surface area contributed by atoms with Crippen LogP contribution in [0, 0.1) is 19.8 Å². The van der Waals surface area contributed by atoms with Crippen LogP contribution in [0.25, 0.3) is 0 Å². The Morgan fingerprint density at radius 3 is 2.22 bits per heavy atom. The molecule has 0 heterocycles. The molecular weight excluding hydrogens is 222 g/mol. The monoisotopic (exact) mass is 249 g/mol. The summed E-state index contributed by atoms with van der Waals surface area (Å²) in [6, 6.07) is 7.13. The Kier molecular flexibility index (Phi) is 6.37. The van der Waals surface area contributed by atoms with E-state index in [0.29, 0.717) is 12.0 Å². The molecule has 2 heteroatoms. The second-order valence-electron chi connectivity index (χ2n) is 5.39. The van der Waals surface area contributed by atoms with Crippen LogP contribution in [0.4, 0.5) is 0 Å². The summed E-state index contributed by atoms with van der Waals surface area (Å²) in [7, 11) is 0. The quantitative estimate of drug-likeness (QED) is 0.799. The smallest absolute Gasteiger partial charge is 0.0622 e. The summed E-state index contributed by atoms with van der Waals surface area (Å²) in [5.41, 5.74) is 4.02. The van der Waals surface area contributed by atoms with Gasteiger partial charge in [0.2, 0.25) is 0 Å². The predicted molar refractivity (Wildman–Crippen MR) is 77.9 cm³/mol. The highest BCUT2D eigenvalue weighted by atomic mass is 16.5. The molecule has 1 atom stereocenters. The Morgan fingerprint density at radius 1 is 1.11 bits per heavy atom. The van der Waals surface area contributed by atoms with E-state index in [0.717, 1.165) is 19.8 Å². The van der Waals surface area contributed by atoms with Crippen LogP contribution in [-0.2, 0) is 11.3 Å². The number of ether oxygens (including phenoxy) is 1. The fourth-order valence-electron chi connectivity index (χ4n) is 2.15. The van der Waals surface area contributed by atoms with Gasteiger partial charge in [-0.3, -0.25) is 0 Å². The molecule has 2 nitrogen and oxygen atoms in total. The topological polar surface area (TPSA) is 21.3 Å². The molecule has 0 aromatic heterocycles. The highest BCUT2D eigenvalue weighted by Gasteiger charge is 2.12. The fraction of sp³-hybridized carbons (Fsp3) is 0.625. The molecule has 1 unspecified atom stereocenters. The van der Waals surface area contributed by atoms with Crippen molar-refractivity contribution in [2.45, 2.75) is 47.2 Å². The third-order valence-electron chi connectivity index (χ3n) is 3.16. The van der Waals surface area contributed by atoms with Gasteiger partial charge in [-0.15, -0.1) is 0 Å². The number of hydrogen-bond acceptors (Lipinski definition) is 2. The maximum atomic E-state index is 5.53. The lowest BCUT2D eigenvalue weighted by Crippen LogP contribution is -2.37. The molecule has 0 bridgehead atoms. The Hall–Kier alpha value is -0.860. The molecule has 0 saturated carbocycles. The third kappa shape index (κ3) is 5.19. The molecule has 0 amide bonds. The first-order valence-electron chi connectivity index (χ1n) is 6.91.